The van der Waals surface area contributed by atoms with Gasteiger partial charge in [-0.25, -0.2) is 0 Å². The van der Waals surface area contributed by atoms with Crippen molar-refractivity contribution in [1.82, 2.24) is 14.8 Å². The van der Waals surface area contributed by atoms with Crippen LogP contribution in [0.3, 0.4) is 0 Å². The van der Waals surface area contributed by atoms with Crippen molar-refractivity contribution in [2.75, 3.05) is 6.54 Å². The molecule has 2 unspecified atom stereocenters. The Kier molecular flexibility index (Phi) is 15.8. The molecule has 0 bridgehead atoms. The van der Waals surface area contributed by atoms with Gasteiger partial charge in [0.15, 0.2) is 0 Å². The largest absolute Gasteiger partial charge is 0.481 e. The summed E-state index contributed by atoms with van der Waals surface area (Å²) in [4.78, 5) is 53.4. The Hall–Kier alpha value is -3.85. The molecule has 3 aromatic rings. The fourth-order valence-electron chi connectivity index (χ4n) is 6.17. The van der Waals surface area contributed by atoms with Crippen LogP contribution in [0.1, 0.15) is 113 Å². The second-order valence-corrected chi connectivity index (χ2v) is 12.8. The lowest BCUT2D eigenvalue weighted by molar-refractivity contribution is -0.139. The van der Waals surface area contributed by atoms with Gasteiger partial charge in [0.25, 0.3) is 5.91 Å². The lowest BCUT2D eigenvalue weighted by Gasteiger charge is -2.34. The van der Waals surface area contributed by atoms with Gasteiger partial charge in [0, 0.05) is 54.1 Å². The third-order valence-electron chi connectivity index (χ3n) is 8.58. The van der Waals surface area contributed by atoms with E-state index in [1.165, 1.54) is 25.7 Å². The molecule has 0 radical (unpaired) electrons. The van der Waals surface area contributed by atoms with Crippen LogP contribution in [0.2, 0.25) is 5.02 Å². The minimum atomic E-state index is -0.971. The standard InChI is InChI=1S/C37H51ClN4O5/c1-3-5-6-7-8-9-10-17-28(24-34(39)43)42(23-4-2)37(47)32(20-15-22-35(44)45)40-36(46)30-26-41(33-21-14-12-18-29(30)33)25-27-16-11-13-19-31(27)38/h11-14,16,18-19,21,26,28,32H,3-10,15,17,20,22-25H2,1-2H3,(H2,39,43)(H,40,46)(H,44,45). The van der Waals surface area contributed by atoms with Crippen LogP contribution in [0, 0.1) is 0 Å². The van der Waals surface area contributed by atoms with E-state index in [9.17, 15) is 24.3 Å². The van der Waals surface area contributed by atoms with Crippen molar-refractivity contribution >= 4 is 46.2 Å². The summed E-state index contributed by atoms with van der Waals surface area (Å²) in [7, 11) is 0. The topological polar surface area (TPSA) is 135 Å². The van der Waals surface area contributed by atoms with Crippen molar-refractivity contribution in [3.63, 3.8) is 0 Å². The fourth-order valence-corrected chi connectivity index (χ4v) is 6.37. The van der Waals surface area contributed by atoms with Crippen molar-refractivity contribution < 1.29 is 24.3 Å². The van der Waals surface area contributed by atoms with E-state index >= 15 is 0 Å². The first-order valence-corrected chi connectivity index (χ1v) is 17.5. The molecule has 2 atom stereocenters. The number of carboxylic acid groups (broad SMARTS) is 1. The Morgan fingerprint density at radius 1 is 0.894 bits per heavy atom. The van der Waals surface area contributed by atoms with Crippen molar-refractivity contribution in [3.8, 4) is 0 Å². The third-order valence-corrected chi connectivity index (χ3v) is 8.95. The number of hydrogen-bond donors (Lipinski definition) is 3. The lowest BCUT2D eigenvalue weighted by Crippen LogP contribution is -2.53. The molecule has 0 fully saturated rings. The number of nitrogens with one attached hydrogen (secondary N) is 1. The Morgan fingerprint density at radius 2 is 1.57 bits per heavy atom. The number of carbonyl (C=O) groups is 4. The van der Waals surface area contributed by atoms with E-state index in [4.69, 9.17) is 17.3 Å². The van der Waals surface area contributed by atoms with Crippen LogP contribution in [0.15, 0.2) is 54.7 Å². The SMILES string of the molecule is CCCCCCCCCC(CC(N)=O)N(CCC)C(=O)C(CCCC(=O)O)NC(=O)c1cn(Cc2ccccc2Cl)c2ccccc12. The number of carboxylic acids is 1. The van der Waals surface area contributed by atoms with E-state index in [1.807, 2.05) is 60.0 Å². The maximum atomic E-state index is 14.2. The number of primary amides is 1. The van der Waals surface area contributed by atoms with E-state index < -0.39 is 29.9 Å². The number of aromatic nitrogens is 1. The maximum absolute atomic E-state index is 14.2. The fraction of sp³-hybridized carbons (Fsp3) is 0.514. The maximum Gasteiger partial charge on any atom is 0.303 e. The average Bonchev–Trinajstić information content (AvgIpc) is 3.41. The number of amides is 3. The number of rotatable bonds is 22. The van der Waals surface area contributed by atoms with Crippen LogP contribution >= 0.6 is 11.6 Å². The van der Waals surface area contributed by atoms with Gasteiger partial charge in [0.05, 0.1) is 5.56 Å². The van der Waals surface area contributed by atoms with Crippen LogP contribution < -0.4 is 11.1 Å². The van der Waals surface area contributed by atoms with Gasteiger partial charge in [-0.1, -0.05) is 107 Å². The number of nitrogens with two attached hydrogens (primary N) is 1. The number of aliphatic carboxylic acids is 1. The first-order chi connectivity index (χ1) is 22.7. The van der Waals surface area contributed by atoms with E-state index in [1.54, 1.807) is 11.1 Å². The molecule has 0 aliphatic carbocycles. The first-order valence-electron chi connectivity index (χ1n) is 17.1. The lowest BCUT2D eigenvalue weighted by atomic mass is 9.99. The molecule has 1 heterocycles. The first kappa shape index (κ1) is 37.6. The van der Waals surface area contributed by atoms with Gasteiger partial charge in [-0.05, 0) is 43.4 Å². The molecule has 47 heavy (non-hydrogen) atoms. The number of carbonyl (C=O) groups excluding carboxylic acids is 3. The monoisotopic (exact) mass is 666 g/mol. The summed E-state index contributed by atoms with van der Waals surface area (Å²) in [5.74, 6) is -2.20. The zero-order chi connectivity index (χ0) is 34.2. The molecule has 0 saturated heterocycles. The highest BCUT2D eigenvalue weighted by Gasteiger charge is 2.32. The van der Waals surface area contributed by atoms with Gasteiger partial charge in [-0.3, -0.25) is 19.2 Å². The Labute approximate surface area is 283 Å². The summed E-state index contributed by atoms with van der Waals surface area (Å²) < 4.78 is 1.96. The van der Waals surface area contributed by atoms with Crippen LogP contribution in [-0.4, -0.2) is 56.9 Å². The molecule has 10 heteroatoms. The Bertz CT molecular complexity index is 1470. The summed E-state index contributed by atoms with van der Waals surface area (Å²) in [6.45, 7) is 4.99. The van der Waals surface area contributed by atoms with Crippen LogP contribution in [0.4, 0.5) is 0 Å². The highest BCUT2D eigenvalue weighted by atomic mass is 35.5. The predicted molar refractivity (Wildman–Crippen MR) is 187 cm³/mol. The van der Waals surface area contributed by atoms with Crippen molar-refractivity contribution in [2.24, 2.45) is 5.73 Å². The van der Waals surface area contributed by atoms with Crippen LogP contribution in [0.25, 0.3) is 10.9 Å². The van der Waals surface area contributed by atoms with Crippen molar-refractivity contribution in [2.45, 2.75) is 116 Å². The molecular formula is C37H51ClN4O5. The summed E-state index contributed by atoms with van der Waals surface area (Å²) in [5, 5.41) is 13.6. The van der Waals surface area contributed by atoms with Crippen molar-refractivity contribution in [1.29, 1.82) is 0 Å². The second kappa shape index (κ2) is 19.7. The van der Waals surface area contributed by atoms with E-state index in [0.717, 1.165) is 35.7 Å². The predicted octanol–water partition coefficient (Wildman–Crippen LogP) is 7.32. The van der Waals surface area contributed by atoms with E-state index in [-0.39, 0.29) is 31.6 Å². The molecule has 2 aromatic carbocycles. The number of para-hydroxylation sites is 1. The van der Waals surface area contributed by atoms with Gasteiger partial charge < -0.3 is 25.6 Å². The highest BCUT2D eigenvalue weighted by Crippen LogP contribution is 2.25. The van der Waals surface area contributed by atoms with Crippen LogP contribution in [-0.2, 0) is 20.9 Å². The van der Waals surface area contributed by atoms with E-state index in [2.05, 4.69) is 12.2 Å². The van der Waals surface area contributed by atoms with Crippen molar-refractivity contribution in [3.05, 3.63) is 70.9 Å². The van der Waals surface area contributed by atoms with Gasteiger partial charge in [0.1, 0.15) is 6.04 Å². The molecule has 1 aromatic heterocycles. The summed E-state index contributed by atoms with van der Waals surface area (Å²) in [6, 6.07) is 13.7. The molecule has 9 nitrogen and oxygen atoms in total. The summed E-state index contributed by atoms with van der Waals surface area (Å²) >= 11 is 6.44. The number of nitrogens with zero attached hydrogens (tertiary/aromatic N) is 2. The minimum absolute atomic E-state index is 0.0346. The third kappa shape index (κ3) is 11.7. The van der Waals surface area contributed by atoms with E-state index in [0.29, 0.717) is 36.5 Å². The number of unbranched alkanes of at least 4 members (excludes halogenated alkanes) is 6. The molecular weight excluding hydrogens is 616 g/mol. The Morgan fingerprint density at radius 3 is 2.26 bits per heavy atom. The number of halogens is 1. The number of fused-ring (bicyclic) bond motifs is 1. The quantitative estimate of drug-likeness (QED) is 0.0966. The molecule has 3 amide bonds. The normalized spacial score (nSPS) is 12.5. The number of benzene rings is 2. The molecule has 256 valence electrons. The van der Waals surface area contributed by atoms with Gasteiger partial charge in [0.2, 0.25) is 11.8 Å². The molecule has 0 aliphatic rings. The van der Waals surface area contributed by atoms with Gasteiger partial charge in [-0.15, -0.1) is 0 Å². The van der Waals surface area contributed by atoms with Gasteiger partial charge >= 0.3 is 5.97 Å². The average molecular weight is 667 g/mol. The highest BCUT2D eigenvalue weighted by molar-refractivity contribution is 6.31. The molecule has 3 rings (SSSR count). The van der Waals surface area contributed by atoms with Crippen LogP contribution in [0.5, 0.6) is 0 Å². The molecule has 4 N–H and O–H groups in total. The minimum Gasteiger partial charge on any atom is -0.481 e. The zero-order valence-electron chi connectivity index (χ0n) is 27.9. The summed E-state index contributed by atoms with van der Waals surface area (Å²) in [6.07, 6.45) is 11.1. The molecule has 0 aliphatic heterocycles. The molecule has 0 saturated carbocycles. The second-order valence-electron chi connectivity index (χ2n) is 12.4. The molecule has 0 spiro atoms. The van der Waals surface area contributed by atoms with Gasteiger partial charge in [-0.2, -0.15) is 0 Å². The Balaban J connectivity index is 1.86. The number of hydrogen-bond acceptors (Lipinski definition) is 4. The zero-order valence-corrected chi connectivity index (χ0v) is 28.6. The smallest absolute Gasteiger partial charge is 0.303 e. The summed E-state index contributed by atoms with van der Waals surface area (Å²) in [5.41, 5.74) is 7.81.